The van der Waals surface area contributed by atoms with E-state index < -0.39 is 24.3 Å². The minimum Gasteiger partial charge on any atom is -0.477 e. The number of ether oxygens (including phenoxy) is 4. The summed E-state index contributed by atoms with van der Waals surface area (Å²) in [6, 6.07) is 0. The van der Waals surface area contributed by atoms with Crippen LogP contribution in [0.4, 0.5) is 0 Å². The Morgan fingerprint density at radius 3 is 1.09 bits per heavy atom. The van der Waals surface area contributed by atoms with Crippen LogP contribution in [0.3, 0.4) is 0 Å². The summed E-state index contributed by atoms with van der Waals surface area (Å²) in [6.07, 6.45) is 73.5. The van der Waals surface area contributed by atoms with Crippen LogP contribution in [0.5, 0.6) is 0 Å². The first-order valence-corrected chi connectivity index (χ1v) is 32.5. The molecule has 9 nitrogen and oxygen atoms in total. The van der Waals surface area contributed by atoms with Gasteiger partial charge in [-0.05, 0) is 77.0 Å². The Labute approximate surface area is 475 Å². The van der Waals surface area contributed by atoms with Gasteiger partial charge in [-0.1, -0.05) is 267 Å². The molecular weight excluding hydrogens is 959 g/mol. The number of carboxylic acids is 1. The van der Waals surface area contributed by atoms with Gasteiger partial charge in [-0.3, -0.25) is 9.59 Å². The van der Waals surface area contributed by atoms with Crippen molar-refractivity contribution in [3.63, 3.8) is 0 Å². The zero-order valence-corrected chi connectivity index (χ0v) is 51.1. The van der Waals surface area contributed by atoms with Gasteiger partial charge in [0.15, 0.2) is 6.10 Å². The van der Waals surface area contributed by atoms with E-state index in [1.807, 2.05) is 21.1 Å². The quantitative estimate of drug-likeness (QED) is 0.0211. The average molecular weight is 1080 g/mol. The highest BCUT2D eigenvalue weighted by Crippen LogP contribution is 2.17. The lowest BCUT2D eigenvalue weighted by Crippen LogP contribution is -2.40. The molecule has 0 rings (SSSR count). The van der Waals surface area contributed by atoms with Crippen LogP contribution in [0.2, 0.25) is 0 Å². The van der Waals surface area contributed by atoms with E-state index in [-0.39, 0.29) is 38.6 Å². The van der Waals surface area contributed by atoms with E-state index in [1.54, 1.807) is 0 Å². The summed E-state index contributed by atoms with van der Waals surface area (Å²) in [5.41, 5.74) is 0. The van der Waals surface area contributed by atoms with Gasteiger partial charge in [-0.2, -0.15) is 0 Å². The SMILES string of the molecule is CCC/C=C\C/C=C\CCCCCCCC(=O)OCC(COC(OCC[N+](C)(C)C)C(=O)O)OC(=O)CCCCCCCCCCCCCCCCCCCCCCCCCC/C=C\C/C=C\C/C=C\CCCCCCC. The van der Waals surface area contributed by atoms with E-state index in [9.17, 15) is 19.5 Å². The average Bonchev–Trinajstić information content (AvgIpc) is 3.40. The lowest BCUT2D eigenvalue weighted by molar-refractivity contribution is -0.870. The van der Waals surface area contributed by atoms with Crippen LogP contribution >= 0.6 is 0 Å². The van der Waals surface area contributed by atoms with E-state index in [0.29, 0.717) is 11.0 Å². The van der Waals surface area contributed by atoms with E-state index in [0.717, 1.165) is 83.5 Å². The molecule has 0 aromatic heterocycles. The topological polar surface area (TPSA) is 108 Å². The van der Waals surface area contributed by atoms with Crippen molar-refractivity contribution >= 4 is 17.9 Å². The number of quaternary nitrogens is 1. The van der Waals surface area contributed by atoms with E-state index in [4.69, 9.17) is 18.9 Å². The summed E-state index contributed by atoms with van der Waals surface area (Å²) in [6.45, 7) is 4.81. The number of rotatable bonds is 60. The van der Waals surface area contributed by atoms with Gasteiger partial charge < -0.3 is 28.5 Å². The third-order valence-corrected chi connectivity index (χ3v) is 14.2. The summed E-state index contributed by atoms with van der Waals surface area (Å²) in [4.78, 5) is 37.4. The largest absolute Gasteiger partial charge is 0.477 e. The molecule has 448 valence electrons. The fourth-order valence-corrected chi connectivity index (χ4v) is 9.24. The van der Waals surface area contributed by atoms with Crippen molar-refractivity contribution in [2.45, 2.75) is 309 Å². The van der Waals surface area contributed by atoms with Gasteiger partial charge in [0.05, 0.1) is 34.4 Å². The number of hydrogen-bond donors (Lipinski definition) is 1. The van der Waals surface area contributed by atoms with Crippen molar-refractivity contribution in [2.75, 3.05) is 47.5 Å². The number of carbonyl (C=O) groups excluding carboxylic acids is 2. The van der Waals surface area contributed by atoms with Crippen LogP contribution in [-0.4, -0.2) is 87.4 Å². The molecule has 2 unspecified atom stereocenters. The van der Waals surface area contributed by atoms with Crippen molar-refractivity contribution in [3.05, 3.63) is 60.8 Å². The summed E-state index contributed by atoms with van der Waals surface area (Å²) in [5, 5.41) is 9.70. The van der Waals surface area contributed by atoms with E-state index in [2.05, 4.69) is 74.6 Å². The third kappa shape index (κ3) is 60.5. The maximum Gasteiger partial charge on any atom is 0.361 e. The van der Waals surface area contributed by atoms with Crippen LogP contribution in [0.1, 0.15) is 296 Å². The Morgan fingerprint density at radius 1 is 0.390 bits per heavy atom. The molecule has 0 saturated heterocycles. The highest BCUT2D eigenvalue weighted by Gasteiger charge is 2.25. The van der Waals surface area contributed by atoms with Crippen LogP contribution in [0, 0.1) is 0 Å². The number of carbonyl (C=O) groups is 3. The van der Waals surface area contributed by atoms with Crippen molar-refractivity contribution in [3.8, 4) is 0 Å². The molecule has 0 amide bonds. The molecule has 0 aromatic carbocycles. The lowest BCUT2D eigenvalue weighted by atomic mass is 10.0. The fraction of sp³-hybridized carbons (Fsp3) is 0.809. The number of aliphatic carboxylic acids is 1. The second kappa shape index (κ2) is 59.1. The second-order valence-corrected chi connectivity index (χ2v) is 23.1. The number of likely N-dealkylation sites (N-methyl/N-ethyl adjacent to an activating group) is 1. The first-order chi connectivity index (χ1) is 37.6. The number of esters is 2. The number of unbranched alkanes of at least 4 members (excludes halogenated alkanes) is 35. The minimum atomic E-state index is -1.51. The predicted molar refractivity (Wildman–Crippen MR) is 327 cm³/mol. The molecule has 0 aromatic rings. The Morgan fingerprint density at radius 2 is 0.727 bits per heavy atom. The fourth-order valence-electron chi connectivity index (χ4n) is 9.24. The van der Waals surface area contributed by atoms with Crippen LogP contribution in [0.15, 0.2) is 60.8 Å². The first kappa shape index (κ1) is 74.0. The number of nitrogens with zero attached hydrogens (tertiary/aromatic N) is 1. The molecular formula is C68H124NO8+. The molecule has 0 radical (unpaired) electrons. The molecule has 0 aliphatic heterocycles. The van der Waals surface area contributed by atoms with Gasteiger partial charge in [0.1, 0.15) is 13.2 Å². The van der Waals surface area contributed by atoms with Gasteiger partial charge in [-0.25, -0.2) is 4.79 Å². The molecule has 77 heavy (non-hydrogen) atoms. The monoisotopic (exact) mass is 1080 g/mol. The van der Waals surface area contributed by atoms with Crippen LogP contribution in [-0.2, 0) is 33.3 Å². The third-order valence-electron chi connectivity index (χ3n) is 14.2. The number of carboxylic acid groups (broad SMARTS) is 1. The lowest BCUT2D eigenvalue weighted by Gasteiger charge is -2.25. The summed E-state index contributed by atoms with van der Waals surface area (Å²) >= 11 is 0. The summed E-state index contributed by atoms with van der Waals surface area (Å²) < 4.78 is 22.9. The molecule has 1 N–H and O–H groups in total. The molecule has 0 bridgehead atoms. The zero-order valence-electron chi connectivity index (χ0n) is 51.1. The van der Waals surface area contributed by atoms with E-state index in [1.165, 1.54) is 186 Å². The van der Waals surface area contributed by atoms with Crippen molar-refractivity contribution in [2.24, 2.45) is 0 Å². The maximum absolute atomic E-state index is 12.9. The predicted octanol–water partition coefficient (Wildman–Crippen LogP) is 19.6. The molecule has 0 aliphatic rings. The van der Waals surface area contributed by atoms with E-state index >= 15 is 0 Å². The maximum atomic E-state index is 12.9. The highest BCUT2D eigenvalue weighted by molar-refractivity contribution is 5.71. The molecule has 0 saturated carbocycles. The standard InChI is InChI=1S/C68H123NO8/c1-6-8-10-12-14-16-18-20-21-22-23-24-25-26-27-28-29-30-31-32-33-34-35-36-37-38-39-40-41-42-43-44-45-47-49-51-53-55-57-59-66(71)77-64(63-76-68(67(72)73)74-61-60-69(3,4)5)62-75-65(70)58-56-54-52-50-48-46-19-17-15-13-11-9-7-2/h11,13,17-20,22-23,25-26,64,68H,6-10,12,14-16,21,24,27-63H2,1-5H3/p+1/b13-11-,19-17-,20-18-,23-22-,26-25-. The number of hydrogen-bond acceptors (Lipinski definition) is 7. The Hall–Kier alpha value is -3.01. The Bertz CT molecular complexity index is 1450. The van der Waals surface area contributed by atoms with Crippen molar-refractivity contribution in [1.82, 2.24) is 0 Å². The number of allylic oxidation sites excluding steroid dienone is 10. The molecule has 2 atom stereocenters. The zero-order chi connectivity index (χ0) is 56.2. The molecule has 9 heteroatoms. The normalized spacial score (nSPS) is 13.1. The molecule has 0 aliphatic carbocycles. The van der Waals surface area contributed by atoms with Gasteiger partial charge in [-0.15, -0.1) is 0 Å². The smallest absolute Gasteiger partial charge is 0.361 e. The summed E-state index contributed by atoms with van der Waals surface area (Å²) in [7, 11) is 5.97. The molecule has 0 heterocycles. The van der Waals surface area contributed by atoms with Crippen molar-refractivity contribution in [1.29, 1.82) is 0 Å². The van der Waals surface area contributed by atoms with Crippen LogP contribution in [0.25, 0.3) is 0 Å². The first-order valence-electron chi connectivity index (χ1n) is 32.5. The van der Waals surface area contributed by atoms with Crippen LogP contribution < -0.4 is 0 Å². The second-order valence-electron chi connectivity index (χ2n) is 23.1. The molecule has 0 spiro atoms. The Kier molecular flexibility index (Phi) is 56.8. The molecule has 0 fully saturated rings. The van der Waals surface area contributed by atoms with Gasteiger partial charge in [0.25, 0.3) is 6.29 Å². The summed E-state index contributed by atoms with van der Waals surface area (Å²) in [5.74, 6) is -2.01. The van der Waals surface area contributed by atoms with Gasteiger partial charge in [0, 0.05) is 12.8 Å². The highest BCUT2D eigenvalue weighted by atomic mass is 16.7. The van der Waals surface area contributed by atoms with Crippen molar-refractivity contribution < 1.29 is 42.9 Å². The Balaban J connectivity index is 3.94. The van der Waals surface area contributed by atoms with Gasteiger partial charge in [0.2, 0.25) is 0 Å². The van der Waals surface area contributed by atoms with Gasteiger partial charge >= 0.3 is 17.9 Å². The minimum absolute atomic E-state index is 0.186.